The number of nitrogens with two attached hydrogens (primary N) is 1. The fraction of sp³-hybridized carbons (Fsp3) is 0.857. The van der Waals surface area contributed by atoms with Gasteiger partial charge >= 0.3 is 5.97 Å². The molecule has 1 amide bonds. The van der Waals surface area contributed by atoms with Gasteiger partial charge in [0.1, 0.15) is 5.60 Å². The summed E-state index contributed by atoms with van der Waals surface area (Å²) in [5.74, 6) is -0.703. The molecule has 0 heterocycles. The van der Waals surface area contributed by atoms with Crippen molar-refractivity contribution in [3.63, 3.8) is 0 Å². The lowest BCUT2D eigenvalue weighted by molar-refractivity contribution is -0.162. The second-order valence-corrected chi connectivity index (χ2v) is 6.55. The molecular formula is C14H26N2O3. The first-order chi connectivity index (χ1) is 8.61. The number of nitrogens with zero attached hydrogens (tertiary/aromatic N) is 1. The van der Waals surface area contributed by atoms with Gasteiger partial charge < -0.3 is 15.4 Å². The second-order valence-electron chi connectivity index (χ2n) is 6.55. The minimum Gasteiger partial charge on any atom is -0.460 e. The van der Waals surface area contributed by atoms with Gasteiger partial charge in [-0.05, 0) is 40.0 Å². The third-order valence-corrected chi connectivity index (χ3v) is 3.40. The van der Waals surface area contributed by atoms with Gasteiger partial charge in [-0.3, -0.25) is 9.59 Å². The van der Waals surface area contributed by atoms with Gasteiger partial charge in [0.05, 0.1) is 5.92 Å². The topological polar surface area (TPSA) is 72.6 Å². The summed E-state index contributed by atoms with van der Waals surface area (Å²) in [4.78, 5) is 25.7. The van der Waals surface area contributed by atoms with Crippen LogP contribution in [0.4, 0.5) is 0 Å². The zero-order chi connectivity index (χ0) is 14.8. The lowest BCUT2D eigenvalue weighted by Gasteiger charge is -2.34. The van der Waals surface area contributed by atoms with E-state index in [9.17, 15) is 9.59 Å². The van der Waals surface area contributed by atoms with Crippen molar-refractivity contribution in [2.75, 3.05) is 14.1 Å². The summed E-state index contributed by atoms with van der Waals surface area (Å²) in [6.07, 6.45) is 1.93. The van der Waals surface area contributed by atoms with E-state index in [1.165, 1.54) is 0 Å². The van der Waals surface area contributed by atoms with Gasteiger partial charge in [0, 0.05) is 26.1 Å². The molecule has 1 rings (SSSR count). The average molecular weight is 270 g/mol. The van der Waals surface area contributed by atoms with Crippen molar-refractivity contribution in [3.05, 3.63) is 0 Å². The highest BCUT2D eigenvalue weighted by molar-refractivity contribution is 5.80. The number of esters is 1. The zero-order valence-corrected chi connectivity index (χ0v) is 12.6. The van der Waals surface area contributed by atoms with E-state index in [2.05, 4.69) is 0 Å². The maximum atomic E-state index is 12.1. The number of amides is 1. The highest BCUT2D eigenvalue weighted by Crippen LogP contribution is 2.31. The van der Waals surface area contributed by atoms with Gasteiger partial charge in [-0.2, -0.15) is 0 Å². The van der Waals surface area contributed by atoms with Gasteiger partial charge in [0.25, 0.3) is 0 Å². The molecule has 0 unspecified atom stereocenters. The minimum absolute atomic E-state index is 0.0699. The van der Waals surface area contributed by atoms with Crippen molar-refractivity contribution in [2.45, 2.75) is 51.7 Å². The summed E-state index contributed by atoms with van der Waals surface area (Å²) >= 11 is 0. The molecule has 0 saturated heterocycles. The smallest absolute Gasteiger partial charge is 0.311 e. The van der Waals surface area contributed by atoms with Crippen LogP contribution in [0.25, 0.3) is 0 Å². The van der Waals surface area contributed by atoms with E-state index in [0.717, 1.165) is 6.42 Å². The molecule has 5 nitrogen and oxygen atoms in total. The third-order valence-electron chi connectivity index (χ3n) is 3.40. The van der Waals surface area contributed by atoms with Crippen LogP contribution in [0.2, 0.25) is 0 Å². The summed E-state index contributed by atoms with van der Waals surface area (Å²) in [5.41, 5.74) is 5.49. The monoisotopic (exact) mass is 270 g/mol. The highest BCUT2D eigenvalue weighted by Gasteiger charge is 2.38. The molecule has 0 spiro atoms. The third kappa shape index (κ3) is 4.49. The number of carbonyl (C=O) groups excluding carboxylic acids is 2. The predicted octanol–water partition coefficient (Wildman–Crippen LogP) is 1.16. The molecule has 1 aliphatic rings. The minimum atomic E-state index is -0.519. The molecule has 0 bridgehead atoms. The Kier molecular flexibility index (Phi) is 4.96. The Bertz CT molecular complexity index is 347. The van der Waals surface area contributed by atoms with Crippen molar-refractivity contribution < 1.29 is 14.3 Å². The van der Waals surface area contributed by atoms with Crippen LogP contribution in [-0.2, 0) is 14.3 Å². The SMILES string of the molecule is CN(C)C(=O)[C@H]1CC[C@H](N)[C@H](C(=O)OC(C)(C)C)C1. The van der Waals surface area contributed by atoms with Gasteiger partial charge in [-0.15, -0.1) is 0 Å². The first-order valence-corrected chi connectivity index (χ1v) is 6.81. The Morgan fingerprint density at radius 3 is 2.26 bits per heavy atom. The fourth-order valence-electron chi connectivity index (χ4n) is 2.43. The Balaban J connectivity index is 2.71. The van der Waals surface area contributed by atoms with Gasteiger partial charge in [0.15, 0.2) is 0 Å². The second kappa shape index (κ2) is 5.90. The highest BCUT2D eigenvalue weighted by atomic mass is 16.6. The van der Waals surface area contributed by atoms with Crippen LogP contribution in [0, 0.1) is 11.8 Å². The molecular weight excluding hydrogens is 244 g/mol. The standard InChI is InChI=1S/C14H26N2O3/c1-14(2,3)19-13(18)10-8-9(6-7-11(10)15)12(17)16(4)5/h9-11H,6-8,15H2,1-5H3/t9-,10+,11-/m0/s1. The molecule has 5 heteroatoms. The van der Waals surface area contributed by atoms with Crippen LogP contribution in [0.5, 0.6) is 0 Å². The average Bonchev–Trinajstić information content (AvgIpc) is 2.26. The van der Waals surface area contributed by atoms with Crippen LogP contribution < -0.4 is 5.73 Å². The van der Waals surface area contributed by atoms with E-state index in [-0.39, 0.29) is 29.8 Å². The van der Waals surface area contributed by atoms with Crippen LogP contribution in [0.1, 0.15) is 40.0 Å². The summed E-state index contributed by atoms with van der Waals surface area (Å²) in [6, 6.07) is -0.207. The first kappa shape index (κ1) is 16.0. The van der Waals surface area contributed by atoms with Crippen LogP contribution in [0.15, 0.2) is 0 Å². The molecule has 1 aliphatic carbocycles. The lowest BCUT2D eigenvalue weighted by Crippen LogP contribution is -2.46. The Labute approximate surface area is 115 Å². The molecule has 1 saturated carbocycles. The van der Waals surface area contributed by atoms with E-state index in [0.29, 0.717) is 12.8 Å². The first-order valence-electron chi connectivity index (χ1n) is 6.81. The Morgan fingerprint density at radius 2 is 1.79 bits per heavy atom. The molecule has 0 aromatic carbocycles. The molecule has 1 fully saturated rings. The molecule has 3 atom stereocenters. The van der Waals surface area contributed by atoms with Crippen molar-refractivity contribution in [1.82, 2.24) is 4.90 Å². The maximum Gasteiger partial charge on any atom is 0.311 e. The largest absolute Gasteiger partial charge is 0.460 e. The number of ether oxygens (including phenoxy) is 1. The maximum absolute atomic E-state index is 12.1. The zero-order valence-electron chi connectivity index (χ0n) is 12.6. The van der Waals surface area contributed by atoms with Crippen LogP contribution in [-0.4, -0.2) is 42.5 Å². The van der Waals surface area contributed by atoms with E-state index < -0.39 is 5.60 Å². The van der Waals surface area contributed by atoms with E-state index >= 15 is 0 Å². The number of rotatable bonds is 2. The number of carbonyl (C=O) groups is 2. The van der Waals surface area contributed by atoms with Gasteiger partial charge in [-0.25, -0.2) is 0 Å². The Morgan fingerprint density at radius 1 is 1.21 bits per heavy atom. The van der Waals surface area contributed by atoms with E-state index in [4.69, 9.17) is 10.5 Å². The molecule has 0 aromatic heterocycles. The van der Waals surface area contributed by atoms with Gasteiger partial charge in [0.2, 0.25) is 5.91 Å². The number of hydrogen-bond acceptors (Lipinski definition) is 4. The van der Waals surface area contributed by atoms with Crippen molar-refractivity contribution in [2.24, 2.45) is 17.6 Å². The molecule has 0 aromatic rings. The number of hydrogen-bond donors (Lipinski definition) is 1. The van der Waals surface area contributed by atoms with E-state index in [1.807, 2.05) is 20.8 Å². The quantitative estimate of drug-likeness (QED) is 0.764. The van der Waals surface area contributed by atoms with Gasteiger partial charge in [-0.1, -0.05) is 0 Å². The molecule has 2 N–H and O–H groups in total. The van der Waals surface area contributed by atoms with E-state index in [1.54, 1.807) is 19.0 Å². The van der Waals surface area contributed by atoms with Crippen LogP contribution >= 0.6 is 0 Å². The predicted molar refractivity (Wildman–Crippen MR) is 73.3 cm³/mol. The summed E-state index contributed by atoms with van der Waals surface area (Å²) in [5, 5.41) is 0. The molecule has 0 radical (unpaired) electrons. The molecule has 19 heavy (non-hydrogen) atoms. The molecule has 110 valence electrons. The van der Waals surface area contributed by atoms with Crippen molar-refractivity contribution >= 4 is 11.9 Å². The Hall–Kier alpha value is -1.10. The normalized spacial score (nSPS) is 27.8. The van der Waals surface area contributed by atoms with Crippen molar-refractivity contribution in [1.29, 1.82) is 0 Å². The lowest BCUT2D eigenvalue weighted by atomic mass is 9.77. The summed E-state index contributed by atoms with van der Waals surface area (Å²) < 4.78 is 5.39. The summed E-state index contributed by atoms with van der Waals surface area (Å²) in [7, 11) is 3.47. The fourth-order valence-corrected chi connectivity index (χ4v) is 2.43. The summed E-state index contributed by atoms with van der Waals surface area (Å²) in [6.45, 7) is 5.51. The van der Waals surface area contributed by atoms with Crippen LogP contribution in [0.3, 0.4) is 0 Å². The van der Waals surface area contributed by atoms with Crippen molar-refractivity contribution in [3.8, 4) is 0 Å². The molecule has 0 aliphatic heterocycles.